The molecular weight excluding hydrogens is 294 g/mol. The molecule has 0 aliphatic heterocycles. The van der Waals surface area contributed by atoms with Crippen LogP contribution in [-0.4, -0.2) is 73.6 Å². The van der Waals surface area contributed by atoms with Crippen LogP contribution < -0.4 is 0 Å². The first kappa shape index (κ1) is 131. The molecule has 0 aliphatic rings. The molecule has 0 saturated carbocycles. The second kappa shape index (κ2) is 82.1. The molecule has 0 fully saturated rings. The van der Waals surface area contributed by atoms with Crippen molar-refractivity contribution in [2.75, 3.05) is 0 Å². The zero-order valence-corrected chi connectivity index (χ0v) is 2.00. The van der Waals surface area contributed by atoms with Crippen molar-refractivity contribution in [2.24, 2.45) is 0 Å². The van der Waals surface area contributed by atoms with Crippen LogP contribution in [0.2, 0.25) is 0 Å². The zero-order valence-electron chi connectivity index (χ0n) is 2.00. The van der Waals surface area contributed by atoms with Gasteiger partial charge in [0.25, 0.3) is 0 Å². The molecule has 0 heterocycles. The Morgan fingerprint density at radius 2 is 0.333 bits per heavy atom. The third-order valence-corrected chi connectivity index (χ3v) is 0. The molecule has 8 N–H and O–H groups in total. The molecule has 0 rings (SSSR count). The van der Waals surface area contributed by atoms with E-state index in [0.717, 1.165) is 0 Å². The molecule has 0 radical (unpaired) electrons. The van der Waals surface area contributed by atoms with E-state index in [-0.39, 0.29) is 73.6 Å². The topological polar surface area (TPSA) is 126 Å². The van der Waals surface area contributed by atoms with Crippen molar-refractivity contribution in [3.8, 4) is 0 Å². The van der Waals surface area contributed by atoms with Crippen molar-refractivity contribution >= 4 is 51.7 Å². The minimum atomic E-state index is 0. The maximum atomic E-state index is 0. The molecule has 0 bridgehead atoms. The molecule has 6 heteroatoms. The Morgan fingerprint density at radius 3 is 0.333 bits per heavy atom. The predicted octanol–water partition coefficient (Wildman–Crippen LogP) is -5.67. The summed E-state index contributed by atoms with van der Waals surface area (Å²) in [6.45, 7) is 0. The van der Waals surface area contributed by atoms with E-state index in [0.29, 0.717) is 0 Å². The van der Waals surface area contributed by atoms with Crippen LogP contribution in [0.15, 0.2) is 0 Å². The molecule has 0 aromatic rings. The average Bonchev–Trinajstić information content (AvgIpc) is 0. The minimum absolute atomic E-state index is 0. The molecule has 0 saturated heterocycles. The third kappa shape index (κ3) is 46.9. The quantitative estimate of drug-likeness (QED) is 0.423. The van der Waals surface area contributed by atoms with Gasteiger partial charge in [0.05, 0.1) is 0 Å². The van der Waals surface area contributed by atoms with Crippen molar-refractivity contribution in [3.05, 3.63) is 0 Å². The van der Waals surface area contributed by atoms with Crippen LogP contribution in [-0.2, 0) is 0 Å². The Balaban J connectivity index is 0. The number of hydrogen-bond acceptors (Lipinski definition) is 0. The summed E-state index contributed by atoms with van der Waals surface area (Å²) in [5.41, 5.74) is 0. The van der Waals surface area contributed by atoms with E-state index < -0.39 is 0 Å². The summed E-state index contributed by atoms with van der Waals surface area (Å²) in [6, 6.07) is 0. The molecule has 0 amide bonds. The van der Waals surface area contributed by atoms with E-state index in [1.807, 2.05) is 0 Å². The van der Waals surface area contributed by atoms with Gasteiger partial charge in [-0.15, -0.1) is 0 Å². The van der Waals surface area contributed by atoms with E-state index in [2.05, 4.69) is 0 Å². The first-order valence-corrected chi connectivity index (χ1v) is 0. The molecule has 0 spiro atoms. The van der Waals surface area contributed by atoms with Gasteiger partial charge in [0.2, 0.25) is 0 Å². The first-order chi connectivity index (χ1) is 0. The summed E-state index contributed by atoms with van der Waals surface area (Å²) in [5.74, 6) is 0. The summed E-state index contributed by atoms with van der Waals surface area (Å²) in [6.07, 6.45) is 0. The standard InChI is InChI=1S/2In.4H2O.6H/h;;4*1H2;;;;;;. The van der Waals surface area contributed by atoms with Crippen LogP contribution in [0.4, 0.5) is 0 Å². The molecule has 0 aliphatic carbocycles. The monoisotopic (exact) mass is 308 g/mol. The molecule has 0 unspecified atom stereocenters. The van der Waals surface area contributed by atoms with Crippen molar-refractivity contribution < 1.29 is 21.9 Å². The van der Waals surface area contributed by atoms with Gasteiger partial charge in [0, 0.05) is 0 Å². The fourth-order valence-electron chi connectivity index (χ4n) is 0. The van der Waals surface area contributed by atoms with Crippen molar-refractivity contribution in [2.45, 2.75) is 0 Å². The summed E-state index contributed by atoms with van der Waals surface area (Å²) >= 11 is 0. The van der Waals surface area contributed by atoms with Gasteiger partial charge in [-0.05, 0) is 0 Å². The van der Waals surface area contributed by atoms with Gasteiger partial charge in [-0.1, -0.05) is 0 Å². The fraction of sp³-hybridized carbons (Fsp3) is 0. The second-order valence-corrected chi connectivity index (χ2v) is 0. The van der Waals surface area contributed by atoms with E-state index in [9.17, 15) is 0 Å². The van der Waals surface area contributed by atoms with Crippen molar-refractivity contribution in [3.63, 3.8) is 0 Å². The van der Waals surface area contributed by atoms with Gasteiger partial charge < -0.3 is 21.9 Å². The van der Waals surface area contributed by atoms with Gasteiger partial charge in [-0.3, -0.25) is 0 Å². The van der Waals surface area contributed by atoms with Crippen LogP contribution in [0, 0.1) is 0 Å². The Morgan fingerprint density at radius 1 is 0.333 bits per heavy atom. The van der Waals surface area contributed by atoms with Gasteiger partial charge >= 0.3 is 51.7 Å². The molecule has 4 nitrogen and oxygen atoms in total. The maximum absolute atomic E-state index is 0. The van der Waals surface area contributed by atoms with Crippen LogP contribution in [0.25, 0.3) is 0 Å². The Labute approximate surface area is 73.1 Å². The fourth-order valence-corrected chi connectivity index (χ4v) is 0. The average molecular weight is 308 g/mol. The van der Waals surface area contributed by atoms with E-state index in [1.165, 1.54) is 0 Å². The van der Waals surface area contributed by atoms with Gasteiger partial charge in [0.1, 0.15) is 0 Å². The first-order valence-electron chi connectivity index (χ1n) is 0. The van der Waals surface area contributed by atoms with Crippen LogP contribution >= 0.6 is 0 Å². The molecular formula is H14In2O4. The van der Waals surface area contributed by atoms with Crippen LogP contribution in [0.1, 0.15) is 0 Å². The second-order valence-electron chi connectivity index (χ2n) is 0. The molecule has 0 aromatic carbocycles. The summed E-state index contributed by atoms with van der Waals surface area (Å²) in [7, 11) is 0. The summed E-state index contributed by atoms with van der Waals surface area (Å²) in [4.78, 5) is 0. The van der Waals surface area contributed by atoms with Crippen LogP contribution in [0.3, 0.4) is 0 Å². The Bertz CT molecular complexity index is 5.51. The normalized spacial score (nSPS) is 0. The summed E-state index contributed by atoms with van der Waals surface area (Å²) < 4.78 is 0. The SMILES string of the molecule is O.O.O.O.[InH3].[InH3]. The van der Waals surface area contributed by atoms with Gasteiger partial charge in [-0.2, -0.15) is 0 Å². The molecule has 44 valence electrons. The van der Waals surface area contributed by atoms with Gasteiger partial charge in [-0.25, -0.2) is 0 Å². The third-order valence-electron chi connectivity index (χ3n) is 0. The molecule has 0 aromatic heterocycles. The Hall–Kier alpha value is 1.58. The van der Waals surface area contributed by atoms with E-state index in [4.69, 9.17) is 0 Å². The Kier molecular flexibility index (Phi) is 1800. The molecule has 6 heavy (non-hydrogen) atoms. The number of rotatable bonds is 0. The summed E-state index contributed by atoms with van der Waals surface area (Å²) in [5, 5.41) is 0. The zero-order chi connectivity index (χ0) is 0. The molecule has 0 atom stereocenters. The predicted molar refractivity (Wildman–Crippen MR) is 34.3 cm³/mol. The van der Waals surface area contributed by atoms with E-state index in [1.54, 1.807) is 0 Å². The van der Waals surface area contributed by atoms with Crippen molar-refractivity contribution in [1.82, 2.24) is 0 Å². The van der Waals surface area contributed by atoms with Crippen LogP contribution in [0.5, 0.6) is 0 Å². The number of hydrogen-bond donors (Lipinski definition) is 0. The van der Waals surface area contributed by atoms with Crippen molar-refractivity contribution in [1.29, 1.82) is 0 Å². The van der Waals surface area contributed by atoms with Gasteiger partial charge in [0.15, 0.2) is 0 Å². The van der Waals surface area contributed by atoms with E-state index >= 15 is 0 Å².